The van der Waals surface area contributed by atoms with E-state index < -0.39 is 17.2 Å². The lowest BCUT2D eigenvalue weighted by Crippen LogP contribution is -2.60. The quantitative estimate of drug-likeness (QED) is 0.723. The van der Waals surface area contributed by atoms with Gasteiger partial charge in [-0.1, -0.05) is 6.42 Å². The minimum atomic E-state index is -1.25. The van der Waals surface area contributed by atoms with Crippen LogP contribution in [0.3, 0.4) is 0 Å². The van der Waals surface area contributed by atoms with E-state index in [9.17, 15) is 18.7 Å². The van der Waals surface area contributed by atoms with Crippen molar-refractivity contribution in [1.82, 2.24) is 14.9 Å². The van der Waals surface area contributed by atoms with Crippen molar-refractivity contribution in [1.29, 1.82) is 0 Å². The van der Waals surface area contributed by atoms with Crippen molar-refractivity contribution in [3.63, 3.8) is 0 Å². The maximum absolute atomic E-state index is 13.8. The molecule has 172 valence electrons. The molecule has 1 aliphatic heterocycles. The van der Waals surface area contributed by atoms with Crippen LogP contribution in [0.1, 0.15) is 24.8 Å². The van der Waals surface area contributed by atoms with Gasteiger partial charge in [0.2, 0.25) is 5.88 Å². The van der Waals surface area contributed by atoms with Crippen LogP contribution in [0.2, 0.25) is 0 Å². The fourth-order valence-corrected chi connectivity index (χ4v) is 4.80. The zero-order valence-corrected chi connectivity index (χ0v) is 17.9. The highest BCUT2D eigenvalue weighted by Gasteiger charge is 2.54. The third-order valence-electron chi connectivity index (χ3n) is 6.37. The summed E-state index contributed by atoms with van der Waals surface area (Å²) >= 11 is 0. The number of methoxy groups -OCH3 is 2. The SMILES string of the molecule is COc1ncc(C2(O)C3CCCC2CN(C(=O)COc2ccc(F)cc2F)C3)c(OC)n1. The molecule has 0 spiro atoms. The summed E-state index contributed by atoms with van der Waals surface area (Å²) in [6, 6.07) is 3.06. The predicted molar refractivity (Wildman–Crippen MR) is 108 cm³/mol. The third kappa shape index (κ3) is 3.94. The van der Waals surface area contributed by atoms with Crippen molar-refractivity contribution in [3.05, 3.63) is 41.6 Å². The lowest BCUT2D eigenvalue weighted by atomic mass is 9.63. The van der Waals surface area contributed by atoms with Gasteiger partial charge >= 0.3 is 6.01 Å². The van der Waals surface area contributed by atoms with Crippen molar-refractivity contribution in [3.8, 4) is 17.6 Å². The Morgan fingerprint density at radius 2 is 1.94 bits per heavy atom. The van der Waals surface area contributed by atoms with Crippen LogP contribution in [-0.4, -0.2) is 59.8 Å². The number of carbonyl (C=O) groups excluding carboxylic acids is 1. The monoisotopic (exact) mass is 449 g/mol. The number of piperidine rings is 1. The van der Waals surface area contributed by atoms with Crippen LogP contribution in [0.25, 0.3) is 0 Å². The molecule has 1 N–H and O–H groups in total. The molecule has 1 aromatic heterocycles. The van der Waals surface area contributed by atoms with Gasteiger partial charge in [-0.25, -0.2) is 13.8 Å². The van der Waals surface area contributed by atoms with Gasteiger partial charge in [-0.3, -0.25) is 4.79 Å². The summed E-state index contributed by atoms with van der Waals surface area (Å²) in [7, 11) is 2.91. The van der Waals surface area contributed by atoms with Crippen LogP contribution >= 0.6 is 0 Å². The van der Waals surface area contributed by atoms with Crippen molar-refractivity contribution in [2.75, 3.05) is 33.9 Å². The Bertz CT molecular complexity index is 992. The zero-order chi connectivity index (χ0) is 22.9. The van der Waals surface area contributed by atoms with Crippen LogP contribution in [0.15, 0.2) is 24.4 Å². The van der Waals surface area contributed by atoms with E-state index in [0.717, 1.165) is 18.6 Å². The number of ether oxygens (including phenoxy) is 3. The number of benzene rings is 1. The lowest BCUT2D eigenvalue weighted by molar-refractivity contribution is -0.165. The second kappa shape index (κ2) is 8.85. The molecule has 32 heavy (non-hydrogen) atoms. The Kier molecular flexibility index (Phi) is 6.14. The first-order chi connectivity index (χ1) is 15.4. The molecule has 8 nitrogen and oxygen atoms in total. The summed E-state index contributed by atoms with van der Waals surface area (Å²) in [4.78, 5) is 22.8. The molecule has 1 aliphatic carbocycles. The Labute approximate surface area is 184 Å². The molecule has 1 saturated carbocycles. The van der Waals surface area contributed by atoms with Gasteiger partial charge in [-0.15, -0.1) is 0 Å². The average Bonchev–Trinajstić information content (AvgIpc) is 2.77. The van der Waals surface area contributed by atoms with Crippen LogP contribution in [-0.2, 0) is 10.4 Å². The highest BCUT2D eigenvalue weighted by molar-refractivity contribution is 5.78. The minimum Gasteiger partial charge on any atom is -0.481 e. The van der Waals surface area contributed by atoms with E-state index in [1.165, 1.54) is 20.4 Å². The molecule has 2 aromatic rings. The van der Waals surface area contributed by atoms with E-state index in [4.69, 9.17) is 14.2 Å². The van der Waals surface area contributed by atoms with Crippen molar-refractivity contribution in [2.45, 2.75) is 24.9 Å². The van der Waals surface area contributed by atoms with Gasteiger partial charge in [0.05, 0.1) is 19.8 Å². The fraction of sp³-hybridized carbons (Fsp3) is 0.500. The first kappa shape index (κ1) is 22.2. The number of aromatic nitrogens is 2. The summed E-state index contributed by atoms with van der Waals surface area (Å²) in [5.74, 6) is -2.37. The van der Waals surface area contributed by atoms with Crippen molar-refractivity contribution in [2.24, 2.45) is 11.8 Å². The van der Waals surface area contributed by atoms with E-state index in [-0.39, 0.29) is 42.0 Å². The average molecular weight is 449 g/mol. The summed E-state index contributed by atoms with van der Waals surface area (Å²) in [6.45, 7) is 0.224. The maximum atomic E-state index is 13.8. The van der Waals surface area contributed by atoms with Gasteiger partial charge in [0, 0.05) is 37.2 Å². The molecule has 1 aromatic carbocycles. The Morgan fingerprint density at radius 1 is 1.22 bits per heavy atom. The normalized spacial score (nSPS) is 24.7. The molecule has 2 unspecified atom stereocenters. The topological polar surface area (TPSA) is 94.0 Å². The molecule has 2 heterocycles. The van der Waals surface area contributed by atoms with Crippen LogP contribution in [0.5, 0.6) is 17.6 Å². The molecule has 1 amide bonds. The van der Waals surface area contributed by atoms with Crippen LogP contribution in [0, 0.1) is 23.5 Å². The summed E-state index contributed by atoms with van der Waals surface area (Å²) in [5.41, 5.74) is -0.774. The smallest absolute Gasteiger partial charge is 0.319 e. The molecular formula is C22H25F2N3O5. The highest BCUT2D eigenvalue weighted by Crippen LogP contribution is 2.51. The number of hydrogen-bond donors (Lipinski definition) is 1. The Morgan fingerprint density at radius 3 is 2.56 bits per heavy atom. The maximum Gasteiger partial charge on any atom is 0.319 e. The second-order valence-corrected chi connectivity index (χ2v) is 8.09. The molecule has 2 fully saturated rings. The van der Waals surface area contributed by atoms with Crippen LogP contribution in [0.4, 0.5) is 8.78 Å². The van der Waals surface area contributed by atoms with E-state index in [1.807, 2.05) is 0 Å². The molecule has 4 rings (SSSR count). The number of halogens is 2. The van der Waals surface area contributed by atoms with E-state index in [2.05, 4.69) is 9.97 Å². The number of likely N-dealkylation sites (tertiary alicyclic amines) is 1. The molecule has 10 heteroatoms. The molecule has 2 bridgehead atoms. The number of carbonyl (C=O) groups is 1. The van der Waals surface area contributed by atoms with Gasteiger partial charge < -0.3 is 24.2 Å². The number of rotatable bonds is 6. The minimum absolute atomic E-state index is 0.136. The van der Waals surface area contributed by atoms with Crippen molar-refractivity contribution < 1.29 is 32.9 Å². The number of amides is 1. The standard InChI is InChI=1S/C22H25F2N3O5/c1-30-20-16(9-25-21(26-20)31-2)22(29)13-4-3-5-14(22)11-27(10-13)19(28)12-32-18-7-6-15(23)8-17(18)24/h6-9,13-14,29H,3-5,10-12H2,1-2H3. The number of aliphatic hydroxyl groups is 1. The van der Waals surface area contributed by atoms with E-state index >= 15 is 0 Å². The van der Waals surface area contributed by atoms with E-state index in [0.29, 0.717) is 37.6 Å². The van der Waals surface area contributed by atoms with Gasteiger partial charge in [-0.05, 0) is 25.0 Å². The lowest BCUT2D eigenvalue weighted by Gasteiger charge is -2.53. The largest absolute Gasteiger partial charge is 0.481 e. The first-order valence-electron chi connectivity index (χ1n) is 10.4. The van der Waals surface area contributed by atoms with Gasteiger partial charge in [0.1, 0.15) is 11.4 Å². The second-order valence-electron chi connectivity index (χ2n) is 8.09. The van der Waals surface area contributed by atoms with Gasteiger partial charge in [0.15, 0.2) is 18.2 Å². The molecule has 2 aliphatic rings. The molecule has 0 radical (unpaired) electrons. The molecule has 1 saturated heterocycles. The number of hydrogen-bond acceptors (Lipinski definition) is 7. The molecular weight excluding hydrogens is 424 g/mol. The first-order valence-corrected chi connectivity index (χ1v) is 10.4. The van der Waals surface area contributed by atoms with Gasteiger partial charge in [-0.2, -0.15) is 4.98 Å². The highest BCUT2D eigenvalue weighted by atomic mass is 19.1. The predicted octanol–water partition coefficient (Wildman–Crippen LogP) is 2.30. The zero-order valence-electron chi connectivity index (χ0n) is 17.9. The summed E-state index contributed by atoms with van der Waals surface area (Å²) < 4.78 is 42.6. The molecule has 2 atom stereocenters. The summed E-state index contributed by atoms with van der Waals surface area (Å²) in [6.07, 6.45) is 3.86. The summed E-state index contributed by atoms with van der Waals surface area (Å²) in [5, 5.41) is 11.8. The van der Waals surface area contributed by atoms with E-state index in [1.54, 1.807) is 4.90 Å². The fourth-order valence-electron chi connectivity index (χ4n) is 4.80. The Balaban J connectivity index is 1.51. The third-order valence-corrected chi connectivity index (χ3v) is 6.37. The number of fused-ring (bicyclic) bond motifs is 2. The Hall–Kier alpha value is -3.01. The van der Waals surface area contributed by atoms with Crippen molar-refractivity contribution >= 4 is 5.91 Å². The number of nitrogens with zero attached hydrogens (tertiary/aromatic N) is 3. The van der Waals surface area contributed by atoms with Crippen LogP contribution < -0.4 is 14.2 Å². The van der Waals surface area contributed by atoms with Gasteiger partial charge in [0.25, 0.3) is 5.91 Å².